The fourth-order valence-electron chi connectivity index (χ4n) is 4.24. The van der Waals surface area contributed by atoms with Crippen LogP contribution in [0.25, 0.3) is 0 Å². The number of sulfonamides is 1. The SMILES string of the molecule is CS(=O)(=O)NCCc1ccc(C(=O)NC2C3CCCC2CC(N)C3)s1.Cl. The fourth-order valence-corrected chi connectivity index (χ4v) is 5.62. The lowest BCUT2D eigenvalue weighted by atomic mass is 9.67. The number of thiophene rings is 1. The first-order chi connectivity index (χ1) is 11.8. The van der Waals surface area contributed by atoms with E-state index in [0.717, 1.165) is 36.8 Å². The first-order valence-electron chi connectivity index (χ1n) is 8.91. The van der Waals surface area contributed by atoms with Crippen molar-refractivity contribution >= 4 is 39.7 Å². The summed E-state index contributed by atoms with van der Waals surface area (Å²) in [4.78, 5) is 14.3. The van der Waals surface area contributed by atoms with Gasteiger partial charge in [-0.1, -0.05) is 6.42 Å². The second-order valence-corrected chi connectivity index (χ2v) is 10.4. The summed E-state index contributed by atoms with van der Waals surface area (Å²) in [6.45, 7) is 0.352. The van der Waals surface area contributed by atoms with Crippen molar-refractivity contribution in [2.24, 2.45) is 17.6 Å². The topological polar surface area (TPSA) is 101 Å². The summed E-state index contributed by atoms with van der Waals surface area (Å²) in [5.74, 6) is 0.999. The molecule has 2 atom stereocenters. The molecule has 2 aliphatic rings. The van der Waals surface area contributed by atoms with Gasteiger partial charge in [0.2, 0.25) is 10.0 Å². The Hall–Kier alpha value is -0.670. The lowest BCUT2D eigenvalue weighted by molar-refractivity contribution is 0.0759. The molecule has 2 unspecified atom stereocenters. The van der Waals surface area contributed by atoms with Crippen LogP contribution in [-0.4, -0.2) is 39.2 Å². The molecule has 2 saturated carbocycles. The number of hydrogen-bond acceptors (Lipinski definition) is 5. The minimum atomic E-state index is -3.17. The van der Waals surface area contributed by atoms with Crippen molar-refractivity contribution in [2.45, 2.75) is 50.6 Å². The Morgan fingerprint density at radius 2 is 1.92 bits per heavy atom. The van der Waals surface area contributed by atoms with Gasteiger partial charge in [0, 0.05) is 23.5 Å². The van der Waals surface area contributed by atoms with E-state index in [4.69, 9.17) is 5.73 Å². The third-order valence-electron chi connectivity index (χ3n) is 5.30. The van der Waals surface area contributed by atoms with Crippen LogP contribution < -0.4 is 15.8 Å². The second-order valence-electron chi connectivity index (χ2n) is 7.36. The number of amides is 1. The average Bonchev–Trinajstić information content (AvgIpc) is 2.96. The van der Waals surface area contributed by atoms with Gasteiger partial charge in [-0.05, 0) is 56.1 Å². The van der Waals surface area contributed by atoms with Gasteiger partial charge >= 0.3 is 0 Å². The molecule has 3 rings (SSSR count). The Morgan fingerprint density at radius 1 is 1.27 bits per heavy atom. The van der Waals surface area contributed by atoms with Crippen molar-refractivity contribution in [3.63, 3.8) is 0 Å². The second kappa shape index (κ2) is 9.01. The minimum Gasteiger partial charge on any atom is -0.348 e. The Morgan fingerprint density at radius 3 is 2.54 bits per heavy atom. The summed E-state index contributed by atoms with van der Waals surface area (Å²) in [5.41, 5.74) is 6.15. The highest BCUT2D eigenvalue weighted by Gasteiger charge is 2.40. The molecule has 26 heavy (non-hydrogen) atoms. The molecular weight excluding hydrogens is 394 g/mol. The van der Waals surface area contributed by atoms with Crippen molar-refractivity contribution < 1.29 is 13.2 Å². The van der Waals surface area contributed by atoms with Gasteiger partial charge in [-0.15, -0.1) is 23.7 Å². The Labute approximate surface area is 165 Å². The molecule has 0 aromatic carbocycles. The van der Waals surface area contributed by atoms with Crippen molar-refractivity contribution in [2.75, 3.05) is 12.8 Å². The highest BCUT2D eigenvalue weighted by molar-refractivity contribution is 7.88. The van der Waals surface area contributed by atoms with E-state index in [0.29, 0.717) is 29.7 Å². The highest BCUT2D eigenvalue weighted by Crippen LogP contribution is 2.39. The fraction of sp³-hybridized carbons (Fsp3) is 0.706. The molecule has 2 fully saturated rings. The molecule has 0 spiro atoms. The van der Waals surface area contributed by atoms with E-state index in [9.17, 15) is 13.2 Å². The van der Waals surface area contributed by atoms with Crippen molar-refractivity contribution in [3.05, 3.63) is 21.9 Å². The van der Waals surface area contributed by atoms with Crippen molar-refractivity contribution in [1.29, 1.82) is 0 Å². The average molecular weight is 422 g/mol. The predicted octanol–water partition coefficient (Wildman–Crippen LogP) is 1.90. The molecule has 0 aliphatic heterocycles. The number of nitrogens with two attached hydrogens (primary N) is 1. The van der Waals surface area contributed by atoms with Crippen LogP contribution in [0, 0.1) is 11.8 Å². The van der Waals surface area contributed by atoms with E-state index in [1.807, 2.05) is 12.1 Å². The smallest absolute Gasteiger partial charge is 0.261 e. The van der Waals surface area contributed by atoms with Crippen LogP contribution in [0.2, 0.25) is 0 Å². The van der Waals surface area contributed by atoms with Gasteiger partial charge in [0.25, 0.3) is 5.91 Å². The third-order valence-corrected chi connectivity index (χ3v) is 7.17. The van der Waals surface area contributed by atoms with Crippen molar-refractivity contribution in [3.8, 4) is 0 Å². The lowest BCUT2D eigenvalue weighted by Crippen LogP contribution is -2.53. The van der Waals surface area contributed by atoms with Crippen LogP contribution in [-0.2, 0) is 16.4 Å². The molecule has 0 saturated heterocycles. The van der Waals surface area contributed by atoms with E-state index < -0.39 is 10.0 Å². The van der Waals surface area contributed by atoms with Gasteiger partial charge in [0.05, 0.1) is 11.1 Å². The van der Waals surface area contributed by atoms with Gasteiger partial charge in [-0.2, -0.15) is 0 Å². The van der Waals surface area contributed by atoms with Gasteiger partial charge in [0.15, 0.2) is 0 Å². The summed E-state index contributed by atoms with van der Waals surface area (Å²) in [7, 11) is -3.17. The lowest BCUT2D eigenvalue weighted by Gasteiger charge is -2.45. The first-order valence-corrected chi connectivity index (χ1v) is 11.6. The van der Waals surface area contributed by atoms with Gasteiger partial charge < -0.3 is 11.1 Å². The van der Waals surface area contributed by atoms with Gasteiger partial charge in [0.1, 0.15) is 0 Å². The monoisotopic (exact) mass is 421 g/mol. The molecular formula is C17H28ClN3O3S2. The highest BCUT2D eigenvalue weighted by atomic mass is 35.5. The maximum absolute atomic E-state index is 12.6. The summed E-state index contributed by atoms with van der Waals surface area (Å²) in [5, 5.41) is 3.26. The quantitative estimate of drug-likeness (QED) is 0.652. The Kier molecular flexibility index (Phi) is 7.50. The normalized spacial score (nSPS) is 28.2. The Balaban J connectivity index is 0.00000243. The van der Waals surface area contributed by atoms with E-state index in [2.05, 4.69) is 10.0 Å². The van der Waals surface area contributed by atoms with Crippen LogP contribution in [0.15, 0.2) is 12.1 Å². The zero-order valence-corrected chi connectivity index (χ0v) is 17.4. The van der Waals surface area contributed by atoms with Crippen LogP contribution in [0.3, 0.4) is 0 Å². The van der Waals surface area contributed by atoms with Crippen molar-refractivity contribution in [1.82, 2.24) is 10.0 Å². The largest absolute Gasteiger partial charge is 0.348 e. The van der Waals surface area contributed by atoms with E-state index in [1.165, 1.54) is 17.8 Å². The summed E-state index contributed by atoms with van der Waals surface area (Å²) >= 11 is 1.44. The molecule has 2 aliphatic carbocycles. The number of halogens is 1. The molecule has 148 valence electrons. The molecule has 0 radical (unpaired) electrons. The standard InChI is InChI=1S/C17H27N3O3S2.ClH/c1-25(22,23)19-8-7-14-5-6-15(24-14)17(21)20-16-11-3-2-4-12(16)10-13(18)9-11;/h5-6,11-13,16,19H,2-4,7-10,18H2,1H3,(H,20,21);1H. The maximum atomic E-state index is 12.6. The molecule has 1 heterocycles. The number of carbonyl (C=O) groups excluding carboxylic acids is 1. The van der Waals surface area contributed by atoms with E-state index in [-0.39, 0.29) is 30.4 Å². The number of rotatable bonds is 6. The van der Waals surface area contributed by atoms with Crippen LogP contribution in [0.5, 0.6) is 0 Å². The van der Waals surface area contributed by atoms with E-state index >= 15 is 0 Å². The molecule has 6 nitrogen and oxygen atoms in total. The predicted molar refractivity (Wildman–Crippen MR) is 107 cm³/mol. The van der Waals surface area contributed by atoms with Gasteiger partial charge in [-0.25, -0.2) is 13.1 Å². The van der Waals surface area contributed by atoms with Crippen LogP contribution in [0.4, 0.5) is 0 Å². The number of nitrogens with one attached hydrogen (secondary N) is 2. The first kappa shape index (κ1) is 21.6. The number of hydrogen-bond donors (Lipinski definition) is 3. The van der Waals surface area contributed by atoms with Crippen LogP contribution >= 0.6 is 23.7 Å². The molecule has 9 heteroatoms. The Bertz CT molecular complexity index is 709. The summed E-state index contributed by atoms with van der Waals surface area (Å²) in [6, 6.07) is 4.26. The van der Waals surface area contributed by atoms with Gasteiger partial charge in [-0.3, -0.25) is 4.79 Å². The third kappa shape index (κ3) is 5.66. The van der Waals surface area contributed by atoms with E-state index in [1.54, 1.807) is 0 Å². The molecule has 1 amide bonds. The molecule has 2 bridgehead atoms. The zero-order valence-electron chi connectivity index (χ0n) is 14.9. The molecule has 1 aromatic heterocycles. The molecule has 4 N–H and O–H groups in total. The van der Waals surface area contributed by atoms with Crippen LogP contribution in [0.1, 0.15) is 46.7 Å². The number of fused-ring (bicyclic) bond motifs is 2. The molecule has 1 aromatic rings. The minimum absolute atomic E-state index is 0. The zero-order chi connectivity index (χ0) is 18.0. The summed E-state index contributed by atoms with van der Waals surface area (Å²) < 4.78 is 24.7. The maximum Gasteiger partial charge on any atom is 0.261 e. The summed E-state index contributed by atoms with van der Waals surface area (Å²) in [6.07, 6.45) is 7.30. The number of carbonyl (C=O) groups is 1.